The maximum Gasteiger partial charge on any atom is 0.300 e. The topological polar surface area (TPSA) is 55.4 Å². The molecule has 2 rings (SSSR count). The van der Waals surface area contributed by atoms with Crippen molar-refractivity contribution in [2.75, 3.05) is 12.4 Å². The summed E-state index contributed by atoms with van der Waals surface area (Å²) in [5.41, 5.74) is 1.80. The molecule has 4 nitrogen and oxygen atoms in total. The van der Waals surface area contributed by atoms with Crippen molar-refractivity contribution < 1.29 is 14.3 Å². The van der Waals surface area contributed by atoms with Gasteiger partial charge in [-0.25, -0.2) is 0 Å². The molecule has 2 aromatic rings. The highest BCUT2D eigenvalue weighted by atomic mass is 16.5. The van der Waals surface area contributed by atoms with Crippen LogP contribution in [0.25, 0.3) is 0 Å². The molecule has 0 saturated heterocycles. The van der Waals surface area contributed by atoms with E-state index < -0.39 is 5.91 Å². The number of methoxy groups -OCH3 is 1. The fraction of sp³-hybridized carbons (Fsp3) is 0.111. The van der Waals surface area contributed by atoms with Crippen molar-refractivity contribution in [2.24, 2.45) is 0 Å². The zero-order valence-corrected chi connectivity index (χ0v) is 12.3. The van der Waals surface area contributed by atoms with Crippen molar-refractivity contribution >= 4 is 17.4 Å². The Morgan fingerprint density at radius 3 is 2.45 bits per heavy atom. The summed E-state index contributed by atoms with van der Waals surface area (Å²) in [6.07, 6.45) is 0. The van der Waals surface area contributed by atoms with E-state index in [0.717, 1.165) is 5.75 Å². The number of benzene rings is 2. The molecule has 0 heterocycles. The van der Waals surface area contributed by atoms with E-state index in [1.165, 1.54) is 6.92 Å². The number of ether oxygens (including phenoxy) is 1. The van der Waals surface area contributed by atoms with Crippen LogP contribution in [0.1, 0.15) is 22.8 Å². The average molecular weight is 293 g/mol. The molecule has 4 heteroatoms. The third kappa shape index (κ3) is 4.22. The van der Waals surface area contributed by atoms with Crippen LogP contribution < -0.4 is 10.1 Å². The van der Waals surface area contributed by atoms with Gasteiger partial charge in [0.05, 0.1) is 7.11 Å². The zero-order valence-electron chi connectivity index (χ0n) is 12.3. The summed E-state index contributed by atoms with van der Waals surface area (Å²) in [6.45, 7) is 1.48. The van der Waals surface area contributed by atoms with Crippen LogP contribution in [0.15, 0.2) is 48.5 Å². The van der Waals surface area contributed by atoms with E-state index in [9.17, 15) is 9.59 Å². The molecule has 2 aromatic carbocycles. The minimum atomic E-state index is -0.434. The summed E-state index contributed by atoms with van der Waals surface area (Å²) in [5, 5.41) is 2.64. The highest BCUT2D eigenvalue weighted by Crippen LogP contribution is 2.11. The van der Waals surface area contributed by atoms with Gasteiger partial charge in [0.15, 0.2) is 5.78 Å². The molecule has 0 radical (unpaired) electrons. The van der Waals surface area contributed by atoms with E-state index in [-0.39, 0.29) is 5.78 Å². The molecule has 0 spiro atoms. The van der Waals surface area contributed by atoms with Gasteiger partial charge in [0, 0.05) is 22.7 Å². The second kappa shape index (κ2) is 7.09. The van der Waals surface area contributed by atoms with Gasteiger partial charge >= 0.3 is 5.91 Å². The second-order valence-corrected chi connectivity index (χ2v) is 4.57. The first-order valence-electron chi connectivity index (χ1n) is 6.66. The number of ketones is 1. The molecular weight excluding hydrogens is 278 g/mol. The molecule has 0 saturated carbocycles. The smallest absolute Gasteiger partial charge is 0.300 e. The number of rotatable bonds is 3. The molecule has 1 amide bonds. The Hall–Kier alpha value is -3.06. The SMILES string of the molecule is COc1ccc(C#CC(=O)Nc2cccc(C(C)=O)c2)cc1. The Labute approximate surface area is 129 Å². The van der Waals surface area contributed by atoms with Gasteiger partial charge in [-0.1, -0.05) is 18.1 Å². The fourth-order valence-corrected chi connectivity index (χ4v) is 1.78. The highest BCUT2D eigenvalue weighted by molar-refractivity contribution is 6.05. The maximum absolute atomic E-state index is 11.8. The highest BCUT2D eigenvalue weighted by Gasteiger charge is 2.02. The molecule has 0 aliphatic carbocycles. The number of amides is 1. The molecule has 0 atom stereocenters. The van der Waals surface area contributed by atoms with Crippen molar-refractivity contribution in [1.29, 1.82) is 0 Å². The standard InChI is InChI=1S/C18H15NO3/c1-13(20)15-4-3-5-16(12-15)19-18(21)11-8-14-6-9-17(22-2)10-7-14/h3-7,9-10,12H,1-2H3,(H,19,21). The summed E-state index contributed by atoms with van der Waals surface area (Å²) >= 11 is 0. The van der Waals surface area contributed by atoms with Crippen LogP contribution in [0.4, 0.5) is 5.69 Å². The van der Waals surface area contributed by atoms with Crippen molar-refractivity contribution in [3.63, 3.8) is 0 Å². The van der Waals surface area contributed by atoms with Gasteiger partial charge in [0.2, 0.25) is 0 Å². The lowest BCUT2D eigenvalue weighted by Gasteiger charge is -2.02. The minimum Gasteiger partial charge on any atom is -0.497 e. The summed E-state index contributed by atoms with van der Waals surface area (Å²) in [6, 6.07) is 13.8. The number of Topliss-reactive ketones (excluding diaryl/α,β-unsaturated/α-hetero) is 1. The van der Waals surface area contributed by atoms with Crippen LogP contribution in [-0.2, 0) is 4.79 Å². The Morgan fingerprint density at radius 1 is 1.09 bits per heavy atom. The van der Waals surface area contributed by atoms with Crippen LogP contribution in [0.2, 0.25) is 0 Å². The lowest BCUT2D eigenvalue weighted by atomic mass is 10.1. The quantitative estimate of drug-likeness (QED) is 0.699. The lowest BCUT2D eigenvalue weighted by molar-refractivity contribution is -0.111. The van der Waals surface area contributed by atoms with Crippen LogP contribution in [0, 0.1) is 11.8 Å². The molecule has 0 unspecified atom stereocenters. The monoisotopic (exact) mass is 293 g/mol. The van der Waals surface area contributed by atoms with Gasteiger partial charge in [-0.3, -0.25) is 9.59 Å². The van der Waals surface area contributed by atoms with E-state index in [2.05, 4.69) is 17.2 Å². The Bertz CT molecular complexity index is 752. The summed E-state index contributed by atoms with van der Waals surface area (Å²) in [5.74, 6) is 5.52. The van der Waals surface area contributed by atoms with Crippen molar-refractivity contribution in [2.45, 2.75) is 6.92 Å². The van der Waals surface area contributed by atoms with Crippen LogP contribution in [0.5, 0.6) is 5.75 Å². The first kappa shape index (κ1) is 15.3. The molecule has 0 aromatic heterocycles. The molecule has 0 aliphatic rings. The molecule has 110 valence electrons. The fourth-order valence-electron chi connectivity index (χ4n) is 1.78. The number of hydrogen-bond donors (Lipinski definition) is 1. The van der Waals surface area contributed by atoms with Crippen molar-refractivity contribution in [3.05, 3.63) is 59.7 Å². The minimum absolute atomic E-state index is 0.0552. The second-order valence-electron chi connectivity index (χ2n) is 4.57. The summed E-state index contributed by atoms with van der Waals surface area (Å²) < 4.78 is 5.05. The largest absolute Gasteiger partial charge is 0.497 e. The van der Waals surface area contributed by atoms with Gasteiger partial charge in [0.25, 0.3) is 0 Å². The van der Waals surface area contributed by atoms with Crippen molar-refractivity contribution in [1.82, 2.24) is 0 Å². The van der Waals surface area contributed by atoms with Crippen LogP contribution in [-0.4, -0.2) is 18.8 Å². The van der Waals surface area contributed by atoms with Crippen LogP contribution >= 0.6 is 0 Å². The van der Waals surface area contributed by atoms with Crippen molar-refractivity contribution in [3.8, 4) is 17.6 Å². The van der Waals surface area contributed by atoms with E-state index in [4.69, 9.17) is 4.74 Å². The Balaban J connectivity index is 2.05. The van der Waals surface area contributed by atoms with Gasteiger partial charge < -0.3 is 10.1 Å². The molecule has 0 aliphatic heterocycles. The number of hydrogen-bond acceptors (Lipinski definition) is 3. The van der Waals surface area contributed by atoms with E-state index >= 15 is 0 Å². The van der Waals surface area contributed by atoms with Crippen LogP contribution in [0.3, 0.4) is 0 Å². The van der Waals surface area contributed by atoms with Gasteiger partial charge in [0.1, 0.15) is 5.75 Å². The summed E-state index contributed by atoms with van der Waals surface area (Å²) in [4.78, 5) is 23.1. The van der Waals surface area contributed by atoms with E-state index in [1.54, 1.807) is 55.6 Å². The third-order valence-corrected chi connectivity index (χ3v) is 2.94. The number of anilines is 1. The van der Waals surface area contributed by atoms with Gasteiger partial charge in [-0.2, -0.15) is 0 Å². The Morgan fingerprint density at radius 2 is 1.82 bits per heavy atom. The molecule has 0 bridgehead atoms. The maximum atomic E-state index is 11.8. The predicted octanol–water partition coefficient (Wildman–Crippen LogP) is 2.89. The zero-order chi connectivity index (χ0) is 15.9. The first-order valence-corrected chi connectivity index (χ1v) is 6.66. The molecule has 0 fully saturated rings. The number of carbonyl (C=O) groups is 2. The van der Waals surface area contributed by atoms with E-state index in [0.29, 0.717) is 16.8 Å². The third-order valence-electron chi connectivity index (χ3n) is 2.94. The molecule has 1 N–H and O–H groups in total. The normalized spacial score (nSPS) is 9.36. The first-order chi connectivity index (χ1) is 10.6. The van der Waals surface area contributed by atoms with Gasteiger partial charge in [-0.05, 0) is 43.3 Å². The summed E-state index contributed by atoms with van der Waals surface area (Å²) in [7, 11) is 1.59. The molecular formula is C18H15NO3. The van der Waals surface area contributed by atoms with Gasteiger partial charge in [-0.15, -0.1) is 0 Å². The number of carbonyl (C=O) groups excluding carboxylic acids is 2. The molecule has 22 heavy (non-hydrogen) atoms. The lowest BCUT2D eigenvalue weighted by Crippen LogP contribution is -2.09. The number of nitrogens with one attached hydrogen (secondary N) is 1. The predicted molar refractivity (Wildman–Crippen MR) is 84.9 cm³/mol. The van der Waals surface area contributed by atoms with E-state index in [1.807, 2.05) is 0 Å². The average Bonchev–Trinajstić information content (AvgIpc) is 2.53. The Kier molecular flexibility index (Phi) is 4.94.